The van der Waals surface area contributed by atoms with Gasteiger partial charge in [-0.3, -0.25) is 4.90 Å². The molecule has 1 unspecified atom stereocenters. The van der Waals surface area contributed by atoms with Gasteiger partial charge in [-0.25, -0.2) is 0 Å². The molecule has 0 amide bonds. The summed E-state index contributed by atoms with van der Waals surface area (Å²) >= 11 is 0. The molecule has 0 saturated heterocycles. The Labute approximate surface area is 115 Å². The van der Waals surface area contributed by atoms with Crippen molar-refractivity contribution in [3.63, 3.8) is 0 Å². The zero-order valence-electron chi connectivity index (χ0n) is 11.8. The van der Waals surface area contributed by atoms with E-state index in [-0.39, 0.29) is 0 Å². The summed E-state index contributed by atoms with van der Waals surface area (Å²) in [6.07, 6.45) is 6.41. The van der Waals surface area contributed by atoms with Crippen molar-refractivity contribution in [1.29, 1.82) is 0 Å². The van der Waals surface area contributed by atoms with Crippen LogP contribution < -0.4 is 10.5 Å². The summed E-state index contributed by atoms with van der Waals surface area (Å²) in [4.78, 5) is 2.49. The zero-order chi connectivity index (χ0) is 13.2. The molecular formula is C16H24N2O. The standard InChI is InChI=1S/C16H24N2O/c1-18(14-4-2-3-5-14)15(11-17)12-6-7-16-13(10-12)8-9-19-16/h6-7,10,14-15H,2-5,8-9,11,17H2,1H3. The lowest BCUT2D eigenvalue weighted by Crippen LogP contribution is -2.37. The fraction of sp³-hybridized carbons (Fsp3) is 0.625. The number of nitrogens with two attached hydrogens (primary N) is 1. The van der Waals surface area contributed by atoms with E-state index in [1.807, 2.05) is 0 Å². The second kappa shape index (κ2) is 5.51. The second-order valence-corrected chi connectivity index (χ2v) is 5.82. The van der Waals surface area contributed by atoms with Crippen LogP contribution >= 0.6 is 0 Å². The van der Waals surface area contributed by atoms with E-state index in [0.29, 0.717) is 18.6 Å². The van der Waals surface area contributed by atoms with E-state index in [0.717, 1.165) is 18.8 Å². The first-order valence-electron chi connectivity index (χ1n) is 7.47. The normalized spacial score (nSPS) is 20.6. The van der Waals surface area contributed by atoms with Crippen LogP contribution in [-0.2, 0) is 6.42 Å². The van der Waals surface area contributed by atoms with Crippen LogP contribution in [0.5, 0.6) is 5.75 Å². The maximum Gasteiger partial charge on any atom is 0.122 e. The Morgan fingerprint density at radius 2 is 2.16 bits per heavy atom. The minimum atomic E-state index is 0.342. The summed E-state index contributed by atoms with van der Waals surface area (Å²) in [5, 5.41) is 0. The van der Waals surface area contributed by atoms with Gasteiger partial charge in [-0.05, 0) is 37.1 Å². The molecule has 0 aromatic heterocycles. The molecule has 0 radical (unpaired) electrons. The number of hydrogen-bond acceptors (Lipinski definition) is 3. The van der Waals surface area contributed by atoms with E-state index in [9.17, 15) is 0 Å². The Hall–Kier alpha value is -1.06. The van der Waals surface area contributed by atoms with Crippen molar-refractivity contribution in [1.82, 2.24) is 4.90 Å². The summed E-state index contributed by atoms with van der Waals surface area (Å²) in [5.41, 5.74) is 8.74. The molecule has 1 aliphatic heterocycles. The van der Waals surface area contributed by atoms with E-state index >= 15 is 0 Å². The highest BCUT2D eigenvalue weighted by atomic mass is 16.5. The van der Waals surface area contributed by atoms with Gasteiger partial charge in [0.2, 0.25) is 0 Å². The molecule has 0 spiro atoms. The van der Waals surface area contributed by atoms with Crippen molar-refractivity contribution in [3.8, 4) is 5.75 Å². The van der Waals surface area contributed by atoms with Crippen molar-refractivity contribution in [2.75, 3.05) is 20.2 Å². The highest BCUT2D eigenvalue weighted by molar-refractivity contribution is 5.41. The number of nitrogens with zero attached hydrogens (tertiary/aromatic N) is 1. The molecule has 1 aliphatic carbocycles. The van der Waals surface area contributed by atoms with E-state index in [1.54, 1.807) is 0 Å². The lowest BCUT2D eigenvalue weighted by Gasteiger charge is -2.32. The Bertz CT molecular complexity index is 440. The molecule has 1 heterocycles. The number of ether oxygens (including phenoxy) is 1. The summed E-state index contributed by atoms with van der Waals surface area (Å²) in [6.45, 7) is 1.51. The van der Waals surface area contributed by atoms with Gasteiger partial charge in [-0.15, -0.1) is 0 Å². The first-order valence-corrected chi connectivity index (χ1v) is 7.47. The number of benzene rings is 1. The third kappa shape index (κ3) is 2.49. The Morgan fingerprint density at radius 3 is 2.89 bits per heavy atom. The van der Waals surface area contributed by atoms with Crippen LogP contribution in [0.4, 0.5) is 0 Å². The van der Waals surface area contributed by atoms with Crippen molar-refractivity contribution >= 4 is 0 Å². The maximum absolute atomic E-state index is 6.05. The van der Waals surface area contributed by atoms with Gasteiger partial charge in [0.1, 0.15) is 5.75 Å². The summed E-state index contributed by atoms with van der Waals surface area (Å²) in [6, 6.07) is 7.65. The Balaban J connectivity index is 1.81. The second-order valence-electron chi connectivity index (χ2n) is 5.82. The molecule has 1 atom stereocenters. The van der Waals surface area contributed by atoms with Crippen LogP contribution in [0, 0.1) is 0 Å². The third-order valence-electron chi connectivity index (χ3n) is 4.71. The SMILES string of the molecule is CN(C1CCCC1)C(CN)c1ccc2c(c1)CCO2. The van der Waals surface area contributed by atoms with Gasteiger partial charge in [-0.1, -0.05) is 25.0 Å². The highest BCUT2D eigenvalue weighted by Gasteiger charge is 2.26. The average molecular weight is 260 g/mol. The topological polar surface area (TPSA) is 38.5 Å². The van der Waals surface area contributed by atoms with Crippen LogP contribution in [0.25, 0.3) is 0 Å². The minimum Gasteiger partial charge on any atom is -0.493 e. The minimum absolute atomic E-state index is 0.342. The predicted octanol–water partition coefficient (Wildman–Crippen LogP) is 2.50. The third-order valence-corrected chi connectivity index (χ3v) is 4.71. The number of rotatable bonds is 4. The molecule has 1 aromatic carbocycles. The molecule has 3 rings (SSSR count). The van der Waals surface area contributed by atoms with Crippen molar-refractivity contribution in [2.24, 2.45) is 5.73 Å². The van der Waals surface area contributed by atoms with Crippen LogP contribution in [0.3, 0.4) is 0 Å². The summed E-state index contributed by atoms with van der Waals surface area (Å²) in [7, 11) is 2.23. The van der Waals surface area contributed by atoms with E-state index in [1.165, 1.54) is 36.8 Å². The lowest BCUT2D eigenvalue weighted by atomic mass is 10.00. The molecule has 2 N–H and O–H groups in total. The van der Waals surface area contributed by atoms with Gasteiger partial charge < -0.3 is 10.5 Å². The van der Waals surface area contributed by atoms with Crippen LogP contribution in [0.1, 0.15) is 42.9 Å². The molecule has 3 heteroatoms. The monoisotopic (exact) mass is 260 g/mol. The largest absolute Gasteiger partial charge is 0.493 e. The molecule has 1 fully saturated rings. The van der Waals surface area contributed by atoms with Crippen LogP contribution in [0.15, 0.2) is 18.2 Å². The molecular weight excluding hydrogens is 236 g/mol. The van der Waals surface area contributed by atoms with Gasteiger partial charge in [0, 0.05) is 25.0 Å². The molecule has 2 aliphatic rings. The Kier molecular flexibility index (Phi) is 3.76. The first kappa shape index (κ1) is 12.9. The molecule has 0 bridgehead atoms. The van der Waals surface area contributed by atoms with Gasteiger partial charge in [0.05, 0.1) is 6.61 Å². The van der Waals surface area contributed by atoms with Gasteiger partial charge in [0.25, 0.3) is 0 Å². The van der Waals surface area contributed by atoms with Gasteiger partial charge in [-0.2, -0.15) is 0 Å². The molecule has 104 valence electrons. The fourth-order valence-electron chi connectivity index (χ4n) is 3.52. The zero-order valence-corrected chi connectivity index (χ0v) is 11.8. The van der Waals surface area contributed by atoms with E-state index in [2.05, 4.69) is 30.1 Å². The lowest BCUT2D eigenvalue weighted by molar-refractivity contribution is 0.179. The maximum atomic E-state index is 6.05. The van der Waals surface area contributed by atoms with Crippen molar-refractivity contribution in [3.05, 3.63) is 29.3 Å². The quantitative estimate of drug-likeness (QED) is 0.904. The van der Waals surface area contributed by atoms with Crippen molar-refractivity contribution < 1.29 is 4.74 Å². The first-order chi connectivity index (χ1) is 9.29. The fourth-order valence-corrected chi connectivity index (χ4v) is 3.52. The number of fused-ring (bicyclic) bond motifs is 1. The highest BCUT2D eigenvalue weighted by Crippen LogP contribution is 2.32. The molecule has 19 heavy (non-hydrogen) atoms. The number of hydrogen-bond donors (Lipinski definition) is 1. The smallest absolute Gasteiger partial charge is 0.122 e. The summed E-state index contributed by atoms with van der Waals surface area (Å²) < 4.78 is 5.58. The van der Waals surface area contributed by atoms with Crippen LogP contribution in [0.2, 0.25) is 0 Å². The molecule has 1 saturated carbocycles. The number of likely N-dealkylation sites (N-methyl/N-ethyl adjacent to an activating group) is 1. The van der Waals surface area contributed by atoms with E-state index < -0.39 is 0 Å². The van der Waals surface area contributed by atoms with Crippen molar-refractivity contribution in [2.45, 2.75) is 44.2 Å². The van der Waals surface area contributed by atoms with Crippen LogP contribution in [-0.4, -0.2) is 31.1 Å². The average Bonchev–Trinajstić information content (AvgIpc) is 3.10. The van der Waals surface area contributed by atoms with E-state index in [4.69, 9.17) is 10.5 Å². The van der Waals surface area contributed by atoms with Gasteiger partial charge >= 0.3 is 0 Å². The summed E-state index contributed by atoms with van der Waals surface area (Å²) in [5.74, 6) is 1.06. The molecule has 1 aromatic rings. The predicted molar refractivity (Wildman–Crippen MR) is 77.5 cm³/mol. The molecule has 3 nitrogen and oxygen atoms in total. The van der Waals surface area contributed by atoms with Gasteiger partial charge in [0.15, 0.2) is 0 Å². The Morgan fingerprint density at radius 1 is 1.37 bits per heavy atom.